The van der Waals surface area contributed by atoms with Gasteiger partial charge in [0.1, 0.15) is 5.69 Å². The molecule has 0 atom stereocenters. The maximum atomic E-state index is 11.6. The quantitative estimate of drug-likeness (QED) is 0.536. The van der Waals surface area contributed by atoms with Crippen LogP contribution >= 0.6 is 15.9 Å². The van der Waals surface area contributed by atoms with Crippen LogP contribution in [0.4, 0.5) is 11.4 Å². The fourth-order valence-corrected chi connectivity index (χ4v) is 3.18. The minimum absolute atomic E-state index is 0.0562. The lowest BCUT2D eigenvalue weighted by Gasteiger charge is -2.19. The Labute approximate surface area is 149 Å². The zero-order valence-electron chi connectivity index (χ0n) is 13.3. The zero-order chi connectivity index (χ0) is 17.9. The fourth-order valence-electron chi connectivity index (χ4n) is 2.27. The summed E-state index contributed by atoms with van der Waals surface area (Å²) in [5.74, 6) is 0. The van der Waals surface area contributed by atoms with Crippen LogP contribution in [-0.2, 0) is 16.3 Å². The first-order chi connectivity index (χ1) is 11.2. The number of anilines is 1. The van der Waals surface area contributed by atoms with E-state index >= 15 is 0 Å². The van der Waals surface area contributed by atoms with Gasteiger partial charge in [0, 0.05) is 30.4 Å². The molecule has 0 radical (unpaired) electrons. The standard InChI is InChI=1S/C16H17BrN2O4S/c1-18(10-9-12-3-5-13(17)6-4-12)15-8-7-14(24(2,22)23)11-16(15)19(20)21/h3-8,11H,9-10H2,1-2H3. The molecule has 0 spiro atoms. The van der Waals surface area contributed by atoms with Gasteiger partial charge in [-0.15, -0.1) is 0 Å². The predicted octanol–water partition coefficient (Wildman–Crippen LogP) is 3.44. The predicted molar refractivity (Wildman–Crippen MR) is 97.3 cm³/mol. The molecule has 24 heavy (non-hydrogen) atoms. The highest BCUT2D eigenvalue weighted by molar-refractivity contribution is 9.10. The molecular formula is C16H17BrN2O4S. The second-order valence-electron chi connectivity index (χ2n) is 5.48. The molecular weight excluding hydrogens is 396 g/mol. The lowest BCUT2D eigenvalue weighted by atomic mass is 10.1. The fraction of sp³-hybridized carbons (Fsp3) is 0.250. The lowest BCUT2D eigenvalue weighted by molar-refractivity contribution is -0.384. The summed E-state index contributed by atoms with van der Waals surface area (Å²) in [6, 6.07) is 11.8. The molecule has 0 N–H and O–H groups in total. The summed E-state index contributed by atoms with van der Waals surface area (Å²) in [4.78, 5) is 12.4. The van der Waals surface area contributed by atoms with E-state index in [2.05, 4.69) is 15.9 Å². The van der Waals surface area contributed by atoms with Crippen LogP contribution in [0.25, 0.3) is 0 Å². The van der Waals surface area contributed by atoms with Gasteiger partial charge in [0.25, 0.3) is 5.69 Å². The molecule has 0 bridgehead atoms. The monoisotopic (exact) mass is 412 g/mol. The van der Waals surface area contributed by atoms with E-state index in [4.69, 9.17) is 0 Å². The first-order valence-electron chi connectivity index (χ1n) is 7.12. The molecule has 128 valence electrons. The molecule has 0 heterocycles. The highest BCUT2D eigenvalue weighted by Gasteiger charge is 2.21. The summed E-state index contributed by atoms with van der Waals surface area (Å²) in [6.07, 6.45) is 1.75. The third-order valence-electron chi connectivity index (χ3n) is 3.63. The highest BCUT2D eigenvalue weighted by atomic mass is 79.9. The van der Waals surface area contributed by atoms with Crippen molar-refractivity contribution in [2.45, 2.75) is 11.3 Å². The van der Waals surface area contributed by atoms with Crippen LogP contribution in [0.2, 0.25) is 0 Å². The number of halogens is 1. The second-order valence-corrected chi connectivity index (χ2v) is 8.41. The van der Waals surface area contributed by atoms with Crippen molar-refractivity contribution < 1.29 is 13.3 Å². The first kappa shape index (κ1) is 18.4. The van der Waals surface area contributed by atoms with E-state index in [1.807, 2.05) is 24.3 Å². The molecule has 0 saturated heterocycles. The first-order valence-corrected chi connectivity index (χ1v) is 9.81. The molecule has 0 fully saturated rings. The number of nitro benzene ring substituents is 1. The summed E-state index contributed by atoms with van der Waals surface area (Å²) in [5.41, 5.74) is 1.29. The van der Waals surface area contributed by atoms with Gasteiger partial charge in [0.15, 0.2) is 9.84 Å². The van der Waals surface area contributed by atoms with Crippen molar-refractivity contribution >= 4 is 37.1 Å². The molecule has 8 heteroatoms. The van der Waals surface area contributed by atoms with Crippen molar-refractivity contribution in [2.24, 2.45) is 0 Å². The van der Waals surface area contributed by atoms with Crippen LogP contribution in [0.5, 0.6) is 0 Å². The Morgan fingerprint density at radius 1 is 1.17 bits per heavy atom. The van der Waals surface area contributed by atoms with Crippen molar-refractivity contribution in [2.75, 3.05) is 24.7 Å². The minimum Gasteiger partial charge on any atom is -0.369 e. The number of nitro groups is 1. The Balaban J connectivity index is 2.23. The maximum absolute atomic E-state index is 11.6. The van der Waals surface area contributed by atoms with Gasteiger partial charge < -0.3 is 4.90 Å². The van der Waals surface area contributed by atoms with Crippen LogP contribution < -0.4 is 4.90 Å². The van der Waals surface area contributed by atoms with Crippen LogP contribution in [0.3, 0.4) is 0 Å². The normalized spacial score (nSPS) is 11.3. The van der Waals surface area contributed by atoms with Crippen LogP contribution in [0.1, 0.15) is 5.56 Å². The van der Waals surface area contributed by atoms with E-state index in [-0.39, 0.29) is 10.6 Å². The maximum Gasteiger partial charge on any atom is 0.293 e. The van der Waals surface area contributed by atoms with E-state index < -0.39 is 14.8 Å². The van der Waals surface area contributed by atoms with Crippen molar-refractivity contribution in [1.29, 1.82) is 0 Å². The highest BCUT2D eigenvalue weighted by Crippen LogP contribution is 2.30. The number of sulfone groups is 1. The largest absolute Gasteiger partial charge is 0.369 e. The molecule has 0 amide bonds. The Morgan fingerprint density at radius 3 is 2.33 bits per heavy atom. The Morgan fingerprint density at radius 2 is 1.79 bits per heavy atom. The molecule has 0 aliphatic carbocycles. The van der Waals surface area contributed by atoms with E-state index in [1.165, 1.54) is 12.1 Å². The van der Waals surface area contributed by atoms with Crippen LogP contribution in [0, 0.1) is 10.1 Å². The van der Waals surface area contributed by atoms with Crippen molar-refractivity contribution in [3.05, 3.63) is 62.6 Å². The number of hydrogen-bond donors (Lipinski definition) is 0. The SMILES string of the molecule is CN(CCc1ccc(Br)cc1)c1ccc(S(C)(=O)=O)cc1[N+](=O)[O-]. The Bertz CT molecular complexity index is 851. The molecule has 0 unspecified atom stereocenters. The second kappa shape index (κ2) is 7.31. The number of hydrogen-bond acceptors (Lipinski definition) is 5. The topological polar surface area (TPSA) is 80.5 Å². The summed E-state index contributed by atoms with van der Waals surface area (Å²) in [5, 5.41) is 11.3. The third-order valence-corrected chi connectivity index (χ3v) is 5.27. The molecule has 2 aromatic carbocycles. The molecule has 2 aromatic rings. The third kappa shape index (κ3) is 4.55. The molecule has 0 saturated carbocycles. The number of likely N-dealkylation sites (N-methyl/N-ethyl adjacent to an activating group) is 1. The lowest BCUT2D eigenvalue weighted by Crippen LogP contribution is -2.21. The van der Waals surface area contributed by atoms with Crippen molar-refractivity contribution in [1.82, 2.24) is 0 Å². The zero-order valence-corrected chi connectivity index (χ0v) is 15.7. The van der Waals surface area contributed by atoms with Crippen molar-refractivity contribution in [3.63, 3.8) is 0 Å². The average Bonchev–Trinajstić information content (AvgIpc) is 2.52. The molecule has 2 rings (SSSR count). The van der Waals surface area contributed by atoms with Gasteiger partial charge in [-0.2, -0.15) is 0 Å². The summed E-state index contributed by atoms with van der Waals surface area (Å²) < 4.78 is 24.2. The summed E-state index contributed by atoms with van der Waals surface area (Å²) in [7, 11) is -1.74. The van der Waals surface area contributed by atoms with Gasteiger partial charge in [0.2, 0.25) is 0 Å². The molecule has 0 aromatic heterocycles. The molecule has 0 aliphatic rings. The molecule has 6 nitrogen and oxygen atoms in total. The van der Waals surface area contributed by atoms with Gasteiger partial charge in [-0.3, -0.25) is 10.1 Å². The van der Waals surface area contributed by atoms with Gasteiger partial charge in [0.05, 0.1) is 9.82 Å². The van der Waals surface area contributed by atoms with Crippen LogP contribution in [-0.4, -0.2) is 33.2 Å². The van der Waals surface area contributed by atoms with E-state index in [1.54, 1.807) is 11.9 Å². The van der Waals surface area contributed by atoms with Gasteiger partial charge in [-0.25, -0.2) is 8.42 Å². The molecule has 0 aliphatic heterocycles. The minimum atomic E-state index is -3.49. The van der Waals surface area contributed by atoms with E-state index in [9.17, 15) is 18.5 Å². The summed E-state index contributed by atoms with van der Waals surface area (Å²) in [6.45, 7) is 0.570. The Hall–Kier alpha value is -1.93. The van der Waals surface area contributed by atoms with Crippen molar-refractivity contribution in [3.8, 4) is 0 Å². The number of nitrogens with zero attached hydrogens (tertiary/aromatic N) is 2. The van der Waals surface area contributed by atoms with Gasteiger partial charge in [-0.05, 0) is 36.2 Å². The van der Waals surface area contributed by atoms with Crippen LogP contribution in [0.15, 0.2) is 51.8 Å². The Kier molecular flexibility index (Phi) is 5.61. The summed E-state index contributed by atoms with van der Waals surface area (Å²) >= 11 is 3.38. The number of benzene rings is 2. The average molecular weight is 413 g/mol. The smallest absolute Gasteiger partial charge is 0.293 e. The van der Waals surface area contributed by atoms with Gasteiger partial charge >= 0.3 is 0 Å². The van der Waals surface area contributed by atoms with E-state index in [0.717, 1.165) is 28.8 Å². The number of rotatable bonds is 6. The van der Waals surface area contributed by atoms with Gasteiger partial charge in [-0.1, -0.05) is 28.1 Å². The van der Waals surface area contributed by atoms with E-state index in [0.29, 0.717) is 12.2 Å².